The second-order valence-corrected chi connectivity index (χ2v) is 7.48. The van der Waals surface area contributed by atoms with Crippen molar-refractivity contribution in [1.82, 2.24) is 15.3 Å². The minimum absolute atomic E-state index is 0.00754. The molecule has 1 amide bonds. The normalized spacial score (nSPS) is 18.3. The zero-order valence-electron chi connectivity index (χ0n) is 15.5. The summed E-state index contributed by atoms with van der Waals surface area (Å²) < 4.78 is 0. The van der Waals surface area contributed by atoms with E-state index in [1.807, 2.05) is 13.8 Å². The maximum Gasteiger partial charge on any atom is 0.226 e. The fraction of sp³-hybridized carbons (Fsp3) is 0.737. The largest absolute Gasteiger partial charge is 0.355 e. The van der Waals surface area contributed by atoms with Crippen molar-refractivity contribution in [2.75, 3.05) is 24.5 Å². The SMILES string of the molecule is CCCN(CCNC(=O)C1(C2CC2)CC1)c1nc(C)nc(C)c1C. The third-order valence-corrected chi connectivity index (χ3v) is 5.54. The molecular formula is C19H30N4O. The van der Waals surface area contributed by atoms with E-state index in [0.29, 0.717) is 12.5 Å². The molecule has 0 unspecified atom stereocenters. The first-order chi connectivity index (χ1) is 11.5. The van der Waals surface area contributed by atoms with Crippen molar-refractivity contribution in [2.24, 2.45) is 11.3 Å². The second kappa shape index (κ2) is 6.69. The standard InChI is InChI=1S/C19H30N4O/c1-5-11-23(17-13(2)14(3)21-15(4)22-17)12-10-20-18(24)19(8-9-19)16-6-7-16/h16H,5-12H2,1-4H3,(H,20,24). The molecule has 1 aromatic rings. The molecule has 2 aliphatic rings. The minimum Gasteiger partial charge on any atom is -0.355 e. The van der Waals surface area contributed by atoms with Crippen LogP contribution < -0.4 is 10.2 Å². The lowest BCUT2D eigenvalue weighted by atomic mass is 10.00. The van der Waals surface area contributed by atoms with E-state index in [1.165, 1.54) is 12.8 Å². The van der Waals surface area contributed by atoms with Crippen LogP contribution in [0.25, 0.3) is 0 Å². The Morgan fingerprint density at radius 3 is 2.50 bits per heavy atom. The van der Waals surface area contributed by atoms with Gasteiger partial charge in [-0.2, -0.15) is 0 Å². The summed E-state index contributed by atoms with van der Waals surface area (Å²) in [6.45, 7) is 10.7. The number of anilines is 1. The highest BCUT2D eigenvalue weighted by Gasteiger charge is 2.58. The van der Waals surface area contributed by atoms with Crippen molar-refractivity contribution < 1.29 is 4.79 Å². The highest BCUT2D eigenvalue weighted by molar-refractivity contribution is 5.86. The lowest BCUT2D eigenvalue weighted by Crippen LogP contribution is -2.40. The van der Waals surface area contributed by atoms with Crippen LogP contribution in [0.15, 0.2) is 0 Å². The fourth-order valence-corrected chi connectivity index (χ4v) is 3.72. The molecule has 2 saturated carbocycles. The van der Waals surface area contributed by atoms with Gasteiger partial charge in [-0.3, -0.25) is 4.79 Å². The van der Waals surface area contributed by atoms with E-state index in [1.54, 1.807) is 0 Å². The topological polar surface area (TPSA) is 58.1 Å². The van der Waals surface area contributed by atoms with Crippen molar-refractivity contribution >= 4 is 11.7 Å². The summed E-state index contributed by atoms with van der Waals surface area (Å²) in [6.07, 6.45) is 5.72. The van der Waals surface area contributed by atoms with Gasteiger partial charge in [-0.15, -0.1) is 0 Å². The van der Waals surface area contributed by atoms with Crippen molar-refractivity contribution in [2.45, 2.75) is 59.8 Å². The van der Waals surface area contributed by atoms with Gasteiger partial charge < -0.3 is 10.2 Å². The molecule has 0 aromatic carbocycles. The number of carbonyl (C=O) groups excluding carboxylic acids is 1. The molecule has 5 nitrogen and oxygen atoms in total. The maximum absolute atomic E-state index is 12.5. The Kier molecular flexibility index (Phi) is 4.79. The molecule has 1 N–H and O–H groups in total. The highest BCUT2D eigenvalue weighted by Crippen LogP contribution is 2.61. The average molecular weight is 330 g/mol. The number of amides is 1. The first-order valence-corrected chi connectivity index (χ1v) is 9.33. The number of nitrogens with zero attached hydrogens (tertiary/aromatic N) is 3. The van der Waals surface area contributed by atoms with Crippen LogP contribution >= 0.6 is 0 Å². The molecule has 2 aliphatic carbocycles. The molecular weight excluding hydrogens is 300 g/mol. The van der Waals surface area contributed by atoms with Crippen LogP contribution in [0.1, 0.15) is 56.1 Å². The Bertz CT molecular complexity index is 620. The van der Waals surface area contributed by atoms with Crippen LogP contribution in [0.3, 0.4) is 0 Å². The van der Waals surface area contributed by atoms with Gasteiger partial charge in [0.15, 0.2) is 0 Å². The van der Waals surface area contributed by atoms with Gasteiger partial charge in [0, 0.05) is 30.9 Å². The predicted molar refractivity (Wildman–Crippen MR) is 96.1 cm³/mol. The number of carbonyl (C=O) groups is 1. The zero-order valence-corrected chi connectivity index (χ0v) is 15.5. The molecule has 0 atom stereocenters. The molecule has 0 saturated heterocycles. The smallest absolute Gasteiger partial charge is 0.226 e. The fourth-order valence-electron chi connectivity index (χ4n) is 3.72. The van der Waals surface area contributed by atoms with Crippen LogP contribution in [0.5, 0.6) is 0 Å². The summed E-state index contributed by atoms with van der Waals surface area (Å²) in [5.41, 5.74) is 2.18. The monoisotopic (exact) mass is 330 g/mol. The van der Waals surface area contributed by atoms with Gasteiger partial charge in [-0.25, -0.2) is 9.97 Å². The molecule has 0 spiro atoms. The van der Waals surface area contributed by atoms with E-state index in [9.17, 15) is 4.79 Å². The van der Waals surface area contributed by atoms with E-state index < -0.39 is 0 Å². The van der Waals surface area contributed by atoms with Crippen LogP contribution in [0.4, 0.5) is 5.82 Å². The second-order valence-electron chi connectivity index (χ2n) is 7.48. The third-order valence-electron chi connectivity index (χ3n) is 5.54. The quantitative estimate of drug-likeness (QED) is 0.796. The van der Waals surface area contributed by atoms with Crippen LogP contribution in [0, 0.1) is 32.1 Å². The summed E-state index contributed by atoms with van der Waals surface area (Å²) in [4.78, 5) is 23.9. The van der Waals surface area contributed by atoms with Gasteiger partial charge in [0.05, 0.1) is 5.41 Å². The average Bonchev–Trinajstić information content (AvgIpc) is 3.41. The number of hydrogen-bond acceptors (Lipinski definition) is 4. The summed E-state index contributed by atoms with van der Waals surface area (Å²) in [6, 6.07) is 0. The third kappa shape index (κ3) is 3.40. The molecule has 0 radical (unpaired) electrons. The zero-order chi connectivity index (χ0) is 17.3. The summed E-state index contributed by atoms with van der Waals surface area (Å²) in [5.74, 6) is 2.77. The highest BCUT2D eigenvalue weighted by atomic mass is 16.2. The van der Waals surface area contributed by atoms with E-state index in [2.05, 4.69) is 34.0 Å². The summed E-state index contributed by atoms with van der Waals surface area (Å²) in [5, 5.41) is 3.19. The van der Waals surface area contributed by atoms with Crippen LogP contribution in [-0.4, -0.2) is 35.5 Å². The van der Waals surface area contributed by atoms with Crippen molar-refractivity contribution in [1.29, 1.82) is 0 Å². The number of nitrogens with one attached hydrogen (secondary N) is 1. The summed E-state index contributed by atoms with van der Waals surface area (Å²) in [7, 11) is 0. The molecule has 2 fully saturated rings. The Hall–Kier alpha value is -1.65. The Balaban J connectivity index is 1.61. The molecule has 0 bridgehead atoms. The number of aryl methyl sites for hydroxylation is 2. The minimum atomic E-state index is 0.00754. The van der Waals surface area contributed by atoms with Gasteiger partial charge in [-0.05, 0) is 58.8 Å². The molecule has 24 heavy (non-hydrogen) atoms. The lowest BCUT2D eigenvalue weighted by molar-refractivity contribution is -0.127. The Labute approximate surface area is 145 Å². The van der Waals surface area contributed by atoms with Crippen LogP contribution in [-0.2, 0) is 4.79 Å². The number of hydrogen-bond donors (Lipinski definition) is 1. The predicted octanol–water partition coefficient (Wildman–Crippen LogP) is 2.92. The molecule has 1 aromatic heterocycles. The Morgan fingerprint density at radius 1 is 1.21 bits per heavy atom. The van der Waals surface area contributed by atoms with E-state index in [4.69, 9.17) is 0 Å². The van der Waals surface area contributed by atoms with Crippen molar-refractivity contribution in [3.8, 4) is 0 Å². The molecule has 1 heterocycles. The van der Waals surface area contributed by atoms with Crippen molar-refractivity contribution in [3.63, 3.8) is 0 Å². The molecule has 5 heteroatoms. The number of aromatic nitrogens is 2. The first kappa shape index (κ1) is 17.2. The van der Waals surface area contributed by atoms with Gasteiger partial charge in [0.25, 0.3) is 0 Å². The van der Waals surface area contributed by atoms with E-state index in [0.717, 1.165) is 55.3 Å². The van der Waals surface area contributed by atoms with Gasteiger partial charge in [-0.1, -0.05) is 6.92 Å². The van der Waals surface area contributed by atoms with Gasteiger partial charge >= 0.3 is 0 Å². The Morgan fingerprint density at radius 2 is 1.92 bits per heavy atom. The number of rotatable bonds is 8. The van der Waals surface area contributed by atoms with Gasteiger partial charge in [0.1, 0.15) is 11.6 Å². The van der Waals surface area contributed by atoms with Crippen molar-refractivity contribution in [3.05, 3.63) is 17.1 Å². The van der Waals surface area contributed by atoms with Gasteiger partial charge in [0.2, 0.25) is 5.91 Å². The van der Waals surface area contributed by atoms with E-state index >= 15 is 0 Å². The lowest BCUT2D eigenvalue weighted by Gasteiger charge is -2.26. The molecule has 132 valence electrons. The van der Waals surface area contributed by atoms with E-state index in [-0.39, 0.29) is 11.3 Å². The molecule has 0 aliphatic heterocycles. The first-order valence-electron chi connectivity index (χ1n) is 9.33. The maximum atomic E-state index is 12.5. The van der Waals surface area contributed by atoms with Crippen LogP contribution in [0.2, 0.25) is 0 Å². The molecule has 3 rings (SSSR count). The summed E-state index contributed by atoms with van der Waals surface area (Å²) >= 11 is 0.